The predicted octanol–water partition coefficient (Wildman–Crippen LogP) is 10.6. The van der Waals surface area contributed by atoms with Crippen LogP contribution in [0.25, 0.3) is 33.8 Å². The third-order valence-electron chi connectivity index (χ3n) is 15.2. The van der Waals surface area contributed by atoms with Crippen LogP contribution in [-0.4, -0.2) is 140 Å². The molecule has 0 saturated heterocycles. The van der Waals surface area contributed by atoms with Crippen LogP contribution in [0.15, 0.2) is 72.8 Å². The van der Waals surface area contributed by atoms with Crippen molar-refractivity contribution in [2.24, 2.45) is 27.1 Å². The first-order valence-electron chi connectivity index (χ1n) is 29.0. The molecule has 0 bridgehead atoms. The summed E-state index contributed by atoms with van der Waals surface area (Å²) in [6, 6.07) is 21.6. The van der Waals surface area contributed by atoms with E-state index in [2.05, 4.69) is 30.9 Å². The number of phenolic OH excluding ortho intramolecular Hbond substituents is 1. The normalized spacial score (nSPS) is 17.1. The van der Waals surface area contributed by atoms with Crippen molar-refractivity contribution in [3.8, 4) is 51.0 Å². The topological polar surface area (TPSA) is 255 Å². The van der Waals surface area contributed by atoms with E-state index in [0.29, 0.717) is 46.7 Å². The van der Waals surface area contributed by atoms with E-state index in [4.69, 9.17) is 33.2 Å². The van der Waals surface area contributed by atoms with Gasteiger partial charge >= 0.3 is 24.2 Å². The van der Waals surface area contributed by atoms with Crippen LogP contribution in [0.4, 0.5) is 31.8 Å². The highest BCUT2D eigenvalue weighted by molar-refractivity contribution is 5.92. The van der Waals surface area contributed by atoms with Crippen LogP contribution in [-0.2, 0) is 49.6 Å². The van der Waals surface area contributed by atoms with Gasteiger partial charge in [0.25, 0.3) is 0 Å². The van der Waals surface area contributed by atoms with Crippen LogP contribution in [0.2, 0.25) is 0 Å². The van der Waals surface area contributed by atoms with E-state index < -0.39 is 12.2 Å². The molecule has 3 aromatic heterocycles. The van der Waals surface area contributed by atoms with Gasteiger partial charge in [-0.3, -0.25) is 19.5 Å². The summed E-state index contributed by atoms with van der Waals surface area (Å²) in [4.78, 5) is 54.3. The number of ether oxygens (including phenoxy) is 7. The molecule has 4 aliphatic carbocycles. The summed E-state index contributed by atoms with van der Waals surface area (Å²) in [7, 11) is 11.8. The summed E-state index contributed by atoms with van der Waals surface area (Å²) in [6.07, 6.45) is 14.2. The Morgan fingerprint density at radius 1 is 0.524 bits per heavy atom. The number of carbonyl (C=O) groups is 4. The molecule has 0 spiro atoms. The molecule has 452 valence electrons. The number of aromatic hydroxyl groups is 1. The van der Waals surface area contributed by atoms with Gasteiger partial charge in [0.15, 0.2) is 24.2 Å². The summed E-state index contributed by atoms with van der Waals surface area (Å²) < 4.78 is 43.3. The number of hydrogen-bond acceptors (Lipinski definition) is 18. The third-order valence-corrected chi connectivity index (χ3v) is 15.2. The average molecular weight is 1160 g/mol. The summed E-state index contributed by atoms with van der Waals surface area (Å²) in [5.74, 6) is 3.06. The molecule has 2 atom stereocenters. The van der Waals surface area contributed by atoms with E-state index >= 15 is 0 Å². The van der Waals surface area contributed by atoms with Crippen LogP contribution in [0.1, 0.15) is 117 Å². The lowest BCUT2D eigenvalue weighted by Gasteiger charge is -2.29. The third kappa shape index (κ3) is 16.1. The molecule has 4 fully saturated rings. The van der Waals surface area contributed by atoms with Gasteiger partial charge in [-0.2, -0.15) is 0 Å². The number of amides is 3. The summed E-state index contributed by atoms with van der Waals surface area (Å²) in [5.41, 5.74) is 4.20. The van der Waals surface area contributed by atoms with Crippen molar-refractivity contribution in [1.29, 1.82) is 0 Å². The second kappa shape index (κ2) is 29.3. The van der Waals surface area contributed by atoms with Gasteiger partial charge in [-0.1, -0.05) is 15.6 Å². The molecule has 0 unspecified atom stereocenters. The molecule has 3 heterocycles. The number of methoxy groups -OCH3 is 1. The van der Waals surface area contributed by atoms with Crippen molar-refractivity contribution in [3.63, 3.8) is 0 Å². The Balaban J connectivity index is 0.000000169. The van der Waals surface area contributed by atoms with Crippen LogP contribution >= 0.6 is 0 Å². The Hall–Kier alpha value is -8.28. The van der Waals surface area contributed by atoms with Crippen LogP contribution in [0, 0.1) is 5.92 Å². The summed E-state index contributed by atoms with van der Waals surface area (Å²) in [6.45, 7) is 3.93. The molecule has 0 aliphatic heterocycles. The second-order valence-corrected chi connectivity index (χ2v) is 21.9. The van der Waals surface area contributed by atoms with Gasteiger partial charge < -0.3 is 38.3 Å². The van der Waals surface area contributed by atoms with Gasteiger partial charge in [0.05, 0.1) is 18.1 Å². The number of anilines is 3. The Bertz CT molecular complexity index is 3090. The summed E-state index contributed by atoms with van der Waals surface area (Å²) >= 11 is 0. The van der Waals surface area contributed by atoms with Gasteiger partial charge in [-0.05, 0) is 189 Å². The molecule has 3 amide bonds. The minimum Gasteiger partial charge on any atom is -0.508 e. The number of hydrogen-bond donors (Lipinski definition) is 1. The first-order valence-corrected chi connectivity index (χ1v) is 29.0. The van der Waals surface area contributed by atoms with E-state index in [0.717, 1.165) is 119 Å². The van der Waals surface area contributed by atoms with Crippen LogP contribution in [0.5, 0.6) is 17.2 Å². The molecule has 10 rings (SSSR count). The monoisotopic (exact) mass is 1160 g/mol. The fourth-order valence-electron chi connectivity index (χ4n) is 10.8. The fourth-order valence-corrected chi connectivity index (χ4v) is 10.8. The van der Waals surface area contributed by atoms with Crippen LogP contribution < -0.4 is 24.2 Å². The lowest BCUT2D eigenvalue weighted by atomic mass is 9.87. The van der Waals surface area contributed by atoms with Crippen LogP contribution in [0.3, 0.4) is 0 Å². The molecule has 3 aromatic carbocycles. The van der Waals surface area contributed by atoms with Gasteiger partial charge in [0, 0.05) is 66.1 Å². The standard InChI is InChI=1S/C26H36N4O5.C18H24N4O4.C16H20N4O3/c1-17(2)33-25(31)19-8-7-11-22(16-19)34-21-14-12-18(13-15-21)23-24(30(4)28-27-23)29(3)26(32)35-20-9-5-6-10-20;1-21(18(23)26-15-6-4-5-7-15)17-16(19-20-22(17)2)13-8-10-14(11-9-13)25-12-24-3;1-19(16(22)23-13-5-3-4-6-13)15-14(17-18-20(15)2)11-7-9-12(21)10-8-11/h12-15,17,19-20,22H,5-11,16H2,1-4H3;8-11,15H,4-7,12H2,1-3H3;7-10,13,21H,3-6H2,1-2H3/t19-,22-;;/m0../s1. The quantitative estimate of drug-likeness (QED) is 0.0537. The number of phenols is 1. The zero-order valence-corrected chi connectivity index (χ0v) is 49.7. The maximum Gasteiger partial charge on any atom is 0.415 e. The smallest absolute Gasteiger partial charge is 0.415 e. The van der Waals surface area contributed by atoms with Gasteiger partial charge in [0.1, 0.15) is 52.6 Å². The van der Waals surface area contributed by atoms with Crippen molar-refractivity contribution in [2.45, 2.75) is 147 Å². The zero-order valence-electron chi connectivity index (χ0n) is 49.7. The molecule has 0 radical (unpaired) electrons. The lowest BCUT2D eigenvalue weighted by molar-refractivity contribution is -0.154. The Morgan fingerprint density at radius 3 is 1.25 bits per heavy atom. The van der Waals surface area contributed by atoms with Crippen molar-refractivity contribution in [2.75, 3.05) is 49.7 Å². The zero-order chi connectivity index (χ0) is 59.9. The highest BCUT2D eigenvalue weighted by Crippen LogP contribution is 2.35. The first-order chi connectivity index (χ1) is 40.5. The van der Waals surface area contributed by atoms with Crippen molar-refractivity contribution in [3.05, 3.63) is 72.8 Å². The number of aryl methyl sites for hydroxylation is 3. The number of nitrogens with zero attached hydrogens (tertiary/aromatic N) is 12. The minimum atomic E-state index is -0.401. The SMILES string of the molecule is CC(C)OC(=O)[C@H]1CCC[C@H](Oc2ccc(-c3nnn(C)c3N(C)C(=O)OC3CCCC3)cc2)C1.CN(C(=O)OC1CCCC1)c1c(-c2ccc(O)cc2)nnn1C.COCOc1ccc(-c2nnn(C)c2N(C)C(=O)OC2CCCC2)cc1. The molecule has 6 aromatic rings. The molecular formula is C60H80N12O12. The minimum absolute atomic E-state index is 0.00302. The largest absolute Gasteiger partial charge is 0.508 e. The van der Waals surface area contributed by atoms with Gasteiger partial charge in [-0.25, -0.2) is 28.4 Å². The second-order valence-electron chi connectivity index (χ2n) is 21.9. The lowest BCUT2D eigenvalue weighted by Crippen LogP contribution is -2.32. The molecule has 4 aliphatic rings. The maximum absolute atomic E-state index is 12.7. The number of carbonyl (C=O) groups excluding carboxylic acids is 4. The maximum atomic E-state index is 12.7. The highest BCUT2D eigenvalue weighted by atomic mass is 16.7. The Kier molecular flexibility index (Phi) is 21.6. The Labute approximate surface area is 490 Å². The Morgan fingerprint density at radius 2 is 0.881 bits per heavy atom. The number of rotatable bonds is 16. The van der Waals surface area contributed by atoms with E-state index in [1.165, 1.54) is 19.4 Å². The highest BCUT2D eigenvalue weighted by Gasteiger charge is 2.32. The molecule has 84 heavy (non-hydrogen) atoms. The first kappa shape index (κ1) is 61.8. The summed E-state index contributed by atoms with van der Waals surface area (Å²) in [5, 5.41) is 34.2. The molecule has 4 saturated carbocycles. The molecular weight excluding hydrogens is 1080 g/mol. The van der Waals surface area contributed by atoms with Gasteiger partial charge in [-0.15, -0.1) is 15.3 Å². The van der Waals surface area contributed by atoms with E-state index in [9.17, 15) is 24.3 Å². The predicted molar refractivity (Wildman–Crippen MR) is 313 cm³/mol. The van der Waals surface area contributed by atoms with Crippen molar-refractivity contribution in [1.82, 2.24) is 45.0 Å². The van der Waals surface area contributed by atoms with Gasteiger partial charge in [0.2, 0.25) is 0 Å². The molecule has 1 N–H and O–H groups in total. The molecule has 24 nitrogen and oxygen atoms in total. The molecule has 24 heteroatoms. The number of benzene rings is 3. The van der Waals surface area contributed by atoms with E-state index in [1.54, 1.807) is 83.0 Å². The number of esters is 1. The van der Waals surface area contributed by atoms with Crippen molar-refractivity contribution < 1.29 is 57.4 Å². The number of aromatic nitrogens is 9. The fraction of sp³-hybridized carbons (Fsp3) is 0.533. The van der Waals surface area contributed by atoms with Crippen molar-refractivity contribution >= 4 is 41.7 Å². The van der Waals surface area contributed by atoms with E-state index in [1.807, 2.05) is 62.4 Å². The average Bonchev–Trinajstić information content (AvgIpc) is 4.53. The van der Waals surface area contributed by atoms with E-state index in [-0.39, 0.29) is 61.0 Å².